The van der Waals surface area contributed by atoms with Crippen LogP contribution in [0.3, 0.4) is 0 Å². The molecule has 0 atom stereocenters. The lowest BCUT2D eigenvalue weighted by Gasteiger charge is -2.22. The maximum absolute atomic E-state index is 5.02. The van der Waals surface area contributed by atoms with Gasteiger partial charge < -0.3 is 9.47 Å². The van der Waals surface area contributed by atoms with Crippen LogP contribution in [-0.2, 0) is 9.47 Å². The van der Waals surface area contributed by atoms with Crippen LogP contribution in [0.5, 0.6) is 0 Å². The molecule has 2 nitrogen and oxygen atoms in total. The Kier molecular flexibility index (Phi) is 4.44. The molecule has 0 saturated carbocycles. The van der Waals surface area contributed by atoms with E-state index in [4.69, 9.17) is 9.47 Å². The third-order valence-electron chi connectivity index (χ3n) is 1.16. The molecular weight excluding hydrogens is 184 g/mol. The molecule has 0 aromatic heterocycles. The van der Waals surface area contributed by atoms with Gasteiger partial charge in [-0.2, -0.15) is 0 Å². The van der Waals surface area contributed by atoms with E-state index in [9.17, 15) is 0 Å². The summed E-state index contributed by atoms with van der Waals surface area (Å²) < 4.78 is 9.49. The summed E-state index contributed by atoms with van der Waals surface area (Å²) in [6.45, 7) is 2.08. The molecule has 0 unspecified atom stereocenters. The van der Waals surface area contributed by atoms with Gasteiger partial charge in [0, 0.05) is 20.6 Å². The zero-order valence-electron chi connectivity index (χ0n) is 6.11. The van der Waals surface area contributed by atoms with Gasteiger partial charge in [-0.1, -0.05) is 13.3 Å². The molecule has 0 aromatic carbocycles. The first kappa shape index (κ1) is 9.40. The molecule has 0 N–H and O–H groups in total. The highest BCUT2D eigenvalue weighted by molar-refractivity contribution is 9.10. The van der Waals surface area contributed by atoms with Crippen LogP contribution in [0.2, 0.25) is 0 Å². The predicted molar refractivity (Wildman–Crippen MR) is 40.6 cm³/mol. The first-order valence-corrected chi connectivity index (χ1v) is 3.77. The number of hydrogen-bond acceptors (Lipinski definition) is 2. The average Bonchev–Trinajstić information content (AvgIpc) is 1.89. The van der Waals surface area contributed by atoms with Crippen molar-refractivity contribution in [1.29, 1.82) is 0 Å². The van der Waals surface area contributed by atoms with Gasteiger partial charge in [-0.05, 0) is 15.9 Å². The van der Waals surface area contributed by atoms with Crippen LogP contribution < -0.4 is 0 Å². The summed E-state index contributed by atoms with van der Waals surface area (Å²) in [5.41, 5.74) is 0. The van der Waals surface area contributed by atoms with Crippen LogP contribution in [0.4, 0.5) is 0 Å². The second-order valence-electron chi connectivity index (χ2n) is 1.82. The van der Waals surface area contributed by atoms with Gasteiger partial charge in [0.2, 0.25) is 4.70 Å². The van der Waals surface area contributed by atoms with Crippen molar-refractivity contribution in [2.24, 2.45) is 0 Å². The van der Waals surface area contributed by atoms with Gasteiger partial charge >= 0.3 is 0 Å². The Morgan fingerprint density at radius 3 is 1.89 bits per heavy atom. The zero-order chi connectivity index (χ0) is 7.33. The fourth-order valence-corrected chi connectivity index (χ4v) is 0.983. The van der Waals surface area contributed by atoms with Crippen molar-refractivity contribution in [2.45, 2.75) is 24.5 Å². The lowest BCUT2D eigenvalue weighted by atomic mass is 10.3. The van der Waals surface area contributed by atoms with E-state index in [-0.39, 0.29) is 0 Å². The molecule has 0 saturated heterocycles. The van der Waals surface area contributed by atoms with E-state index in [1.807, 2.05) is 0 Å². The van der Waals surface area contributed by atoms with Crippen molar-refractivity contribution in [3.8, 4) is 0 Å². The van der Waals surface area contributed by atoms with Crippen LogP contribution in [0.25, 0.3) is 0 Å². The number of ether oxygens (including phenoxy) is 2. The molecule has 0 heterocycles. The average molecular weight is 197 g/mol. The summed E-state index contributed by atoms with van der Waals surface area (Å²) in [5.74, 6) is 0. The third kappa shape index (κ3) is 3.18. The molecule has 0 amide bonds. The minimum Gasteiger partial charge on any atom is -0.344 e. The van der Waals surface area contributed by atoms with E-state index in [0.717, 1.165) is 12.8 Å². The molecule has 0 aliphatic rings. The second-order valence-corrected chi connectivity index (χ2v) is 3.03. The van der Waals surface area contributed by atoms with E-state index in [1.54, 1.807) is 14.2 Å². The lowest BCUT2D eigenvalue weighted by molar-refractivity contribution is -0.131. The molecule has 3 heteroatoms. The van der Waals surface area contributed by atoms with Crippen molar-refractivity contribution in [1.82, 2.24) is 0 Å². The molecule has 0 aliphatic carbocycles. The largest absolute Gasteiger partial charge is 0.344 e. The van der Waals surface area contributed by atoms with E-state index in [0.29, 0.717) is 0 Å². The van der Waals surface area contributed by atoms with Gasteiger partial charge in [0.15, 0.2) is 0 Å². The van der Waals surface area contributed by atoms with Crippen molar-refractivity contribution in [2.75, 3.05) is 14.2 Å². The van der Waals surface area contributed by atoms with Gasteiger partial charge in [0.1, 0.15) is 0 Å². The van der Waals surface area contributed by atoms with E-state index < -0.39 is 4.70 Å². The molecule has 0 aromatic rings. The third-order valence-corrected chi connectivity index (χ3v) is 2.20. The SMILES string of the molecule is CCCC(Br)(OC)OC. The highest BCUT2D eigenvalue weighted by atomic mass is 79.9. The van der Waals surface area contributed by atoms with E-state index >= 15 is 0 Å². The fraction of sp³-hybridized carbons (Fsp3) is 1.00. The van der Waals surface area contributed by atoms with Gasteiger partial charge in [-0.3, -0.25) is 0 Å². The molecule has 0 fully saturated rings. The monoisotopic (exact) mass is 196 g/mol. The van der Waals surface area contributed by atoms with Crippen LogP contribution in [0, 0.1) is 0 Å². The number of halogens is 1. The molecular formula is C6H13BrO2. The first-order valence-electron chi connectivity index (χ1n) is 2.97. The smallest absolute Gasteiger partial charge is 0.225 e. The fourth-order valence-electron chi connectivity index (χ4n) is 0.586. The van der Waals surface area contributed by atoms with Gasteiger partial charge in [-0.15, -0.1) is 0 Å². The zero-order valence-corrected chi connectivity index (χ0v) is 7.69. The minimum absolute atomic E-state index is 0.554. The summed E-state index contributed by atoms with van der Waals surface area (Å²) in [7, 11) is 3.24. The van der Waals surface area contributed by atoms with E-state index in [1.165, 1.54) is 0 Å². The Balaban J connectivity index is 3.62. The summed E-state index contributed by atoms with van der Waals surface area (Å²) in [6.07, 6.45) is 1.90. The molecule has 0 aliphatic heterocycles. The Morgan fingerprint density at radius 2 is 1.78 bits per heavy atom. The predicted octanol–water partition coefficient (Wildman–Crippen LogP) is 2.13. The highest BCUT2D eigenvalue weighted by Crippen LogP contribution is 2.24. The second kappa shape index (κ2) is 4.25. The molecule has 0 spiro atoms. The van der Waals surface area contributed by atoms with Crippen molar-refractivity contribution < 1.29 is 9.47 Å². The summed E-state index contributed by atoms with van der Waals surface area (Å²) in [6, 6.07) is 0. The topological polar surface area (TPSA) is 18.5 Å². The van der Waals surface area contributed by atoms with E-state index in [2.05, 4.69) is 22.9 Å². The molecule has 56 valence electrons. The van der Waals surface area contributed by atoms with Gasteiger partial charge in [-0.25, -0.2) is 0 Å². The molecule has 0 rings (SSSR count). The van der Waals surface area contributed by atoms with Crippen LogP contribution >= 0.6 is 15.9 Å². The maximum atomic E-state index is 5.02. The lowest BCUT2D eigenvalue weighted by Crippen LogP contribution is -2.24. The van der Waals surface area contributed by atoms with Gasteiger partial charge in [0.05, 0.1) is 0 Å². The number of rotatable bonds is 4. The number of methoxy groups -OCH3 is 2. The Morgan fingerprint density at radius 1 is 1.33 bits per heavy atom. The first-order chi connectivity index (χ1) is 4.18. The minimum atomic E-state index is -0.554. The summed E-state index contributed by atoms with van der Waals surface area (Å²) >= 11 is 3.30. The van der Waals surface area contributed by atoms with Crippen LogP contribution in [-0.4, -0.2) is 18.9 Å². The summed E-state index contributed by atoms with van der Waals surface area (Å²) in [5, 5.41) is 0. The Hall–Kier alpha value is 0.400. The molecule has 0 radical (unpaired) electrons. The quantitative estimate of drug-likeness (QED) is 0.507. The van der Waals surface area contributed by atoms with Crippen LogP contribution in [0.1, 0.15) is 19.8 Å². The standard InChI is InChI=1S/C6H13BrO2/c1-4-5-6(7,8-2)9-3/h4-5H2,1-3H3. The number of hydrogen-bond donors (Lipinski definition) is 0. The van der Waals surface area contributed by atoms with Crippen molar-refractivity contribution in [3.63, 3.8) is 0 Å². The summed E-state index contributed by atoms with van der Waals surface area (Å²) in [4.78, 5) is 0. The van der Waals surface area contributed by atoms with Crippen molar-refractivity contribution in [3.05, 3.63) is 0 Å². The highest BCUT2D eigenvalue weighted by Gasteiger charge is 2.23. The van der Waals surface area contributed by atoms with Crippen molar-refractivity contribution >= 4 is 15.9 Å². The Bertz CT molecular complexity index is 71.5. The Labute approximate surface area is 64.7 Å². The number of alkyl halides is 1. The normalized spacial score (nSPS) is 12.0. The molecule has 9 heavy (non-hydrogen) atoms. The van der Waals surface area contributed by atoms with Gasteiger partial charge in [0.25, 0.3) is 0 Å². The maximum Gasteiger partial charge on any atom is 0.225 e. The molecule has 0 bridgehead atoms. The van der Waals surface area contributed by atoms with Crippen LogP contribution in [0.15, 0.2) is 0 Å².